The molecule has 0 aromatic rings. The molecule has 0 unspecified atom stereocenters. The molecule has 6 aliphatic rings. The number of hydrogen-bond donors (Lipinski definition) is 1. The number of carbonyl (C=O) groups is 1. The van der Waals surface area contributed by atoms with E-state index in [1.807, 2.05) is 0 Å². The lowest BCUT2D eigenvalue weighted by atomic mass is 9.32. The number of nitrogens with zero attached hydrogens (tertiary/aromatic N) is 3. The van der Waals surface area contributed by atoms with Crippen LogP contribution in [0, 0.1) is 56.7 Å². The lowest BCUT2D eigenvalue weighted by molar-refractivity contribution is -0.229. The maximum Gasteiger partial charge on any atom is 0.229 e. The molecule has 5 aliphatic carbocycles. The van der Waals surface area contributed by atoms with Crippen molar-refractivity contribution in [1.82, 2.24) is 9.80 Å². The smallest absolute Gasteiger partial charge is 0.229 e. The highest BCUT2D eigenvalue weighted by molar-refractivity contribution is 5.90. The summed E-state index contributed by atoms with van der Waals surface area (Å²) >= 11 is 0. The lowest BCUT2D eigenvalue weighted by Crippen LogP contribution is -2.67. The van der Waals surface area contributed by atoms with Crippen LogP contribution in [0.1, 0.15) is 106 Å². The van der Waals surface area contributed by atoms with Gasteiger partial charge in [0, 0.05) is 31.6 Å². The molecule has 1 amide bonds. The average molecular weight is 552 g/mol. The minimum Gasteiger partial charge on any atom is -0.411 e. The van der Waals surface area contributed by atoms with E-state index in [1.165, 1.54) is 37.7 Å². The summed E-state index contributed by atoms with van der Waals surface area (Å²) in [6.45, 7) is 23.2. The van der Waals surface area contributed by atoms with Gasteiger partial charge in [-0.3, -0.25) is 4.79 Å². The molecule has 1 N–H and O–H groups in total. The van der Waals surface area contributed by atoms with E-state index in [-0.39, 0.29) is 27.1 Å². The normalized spacial score (nSPS) is 49.5. The van der Waals surface area contributed by atoms with Crippen molar-refractivity contribution in [2.45, 2.75) is 106 Å². The summed E-state index contributed by atoms with van der Waals surface area (Å²) < 4.78 is 0. The van der Waals surface area contributed by atoms with Gasteiger partial charge in [0.25, 0.3) is 0 Å². The van der Waals surface area contributed by atoms with Crippen molar-refractivity contribution >= 4 is 11.6 Å². The van der Waals surface area contributed by atoms with Gasteiger partial charge in [0.1, 0.15) is 0 Å². The molecular weight excluding hydrogens is 494 g/mol. The fourth-order valence-electron chi connectivity index (χ4n) is 12.8. The maximum atomic E-state index is 14.6. The molecule has 5 heteroatoms. The summed E-state index contributed by atoms with van der Waals surface area (Å²) in [5.41, 5.74) is 2.88. The third-order valence-electron chi connectivity index (χ3n) is 15.2. The topological polar surface area (TPSA) is 56.1 Å². The van der Waals surface area contributed by atoms with Crippen molar-refractivity contribution in [3.05, 3.63) is 12.2 Å². The SMILES string of the molecule is C=C(C)[C@@H]1CC[C@]2(C(=O)N3CCN(C)CC3)CC[C@]3(C)[C@H](CC[C@@H]4[C@@]5(C)CC/C(=N/O)C(C)(C)[C@@H]5CC[C@]43C)[C@@H]12. The number of amides is 1. The zero-order chi connectivity index (χ0) is 28.9. The summed E-state index contributed by atoms with van der Waals surface area (Å²) in [7, 11) is 2.18. The highest BCUT2D eigenvalue weighted by Gasteiger charge is 2.72. The molecule has 0 bridgehead atoms. The fraction of sp³-hybridized carbons (Fsp3) is 0.886. The third-order valence-corrected chi connectivity index (χ3v) is 15.2. The van der Waals surface area contributed by atoms with Crippen LogP contribution >= 0.6 is 0 Å². The van der Waals surface area contributed by atoms with Gasteiger partial charge < -0.3 is 15.0 Å². The highest BCUT2D eigenvalue weighted by atomic mass is 16.4. The van der Waals surface area contributed by atoms with Gasteiger partial charge in [-0.15, -0.1) is 0 Å². The molecule has 5 saturated carbocycles. The fourth-order valence-corrected chi connectivity index (χ4v) is 12.8. The molecule has 224 valence electrons. The van der Waals surface area contributed by atoms with Gasteiger partial charge in [0.15, 0.2) is 0 Å². The Labute approximate surface area is 244 Å². The van der Waals surface area contributed by atoms with Crippen LogP contribution in [0.25, 0.3) is 0 Å². The second-order valence-corrected chi connectivity index (χ2v) is 16.7. The van der Waals surface area contributed by atoms with Crippen LogP contribution in [0.4, 0.5) is 0 Å². The first-order valence-corrected chi connectivity index (χ1v) is 16.6. The molecule has 1 aliphatic heterocycles. The molecule has 40 heavy (non-hydrogen) atoms. The van der Waals surface area contributed by atoms with E-state index in [1.54, 1.807) is 0 Å². The predicted octanol–water partition coefficient (Wildman–Crippen LogP) is 7.25. The van der Waals surface area contributed by atoms with Crippen molar-refractivity contribution in [2.75, 3.05) is 33.2 Å². The summed E-state index contributed by atoms with van der Waals surface area (Å²) in [5.74, 6) is 3.25. The van der Waals surface area contributed by atoms with Crippen LogP contribution in [0.5, 0.6) is 0 Å². The van der Waals surface area contributed by atoms with Gasteiger partial charge in [-0.1, -0.05) is 51.9 Å². The van der Waals surface area contributed by atoms with Crippen LogP contribution in [-0.2, 0) is 4.79 Å². The van der Waals surface area contributed by atoms with Crippen molar-refractivity contribution in [3.63, 3.8) is 0 Å². The minimum atomic E-state index is -0.187. The van der Waals surface area contributed by atoms with Crippen LogP contribution in [0.15, 0.2) is 17.3 Å². The molecule has 0 spiro atoms. The van der Waals surface area contributed by atoms with Crippen molar-refractivity contribution in [2.24, 2.45) is 61.8 Å². The van der Waals surface area contributed by atoms with Crippen molar-refractivity contribution < 1.29 is 10.0 Å². The van der Waals surface area contributed by atoms with Gasteiger partial charge in [0.2, 0.25) is 5.91 Å². The van der Waals surface area contributed by atoms with Crippen LogP contribution in [0.3, 0.4) is 0 Å². The van der Waals surface area contributed by atoms with E-state index in [4.69, 9.17) is 0 Å². The number of fused-ring (bicyclic) bond motifs is 7. The Morgan fingerprint density at radius 3 is 2.23 bits per heavy atom. The van der Waals surface area contributed by atoms with E-state index >= 15 is 0 Å². The predicted molar refractivity (Wildman–Crippen MR) is 162 cm³/mol. The van der Waals surface area contributed by atoms with Gasteiger partial charge in [-0.05, 0) is 124 Å². The van der Waals surface area contributed by atoms with Crippen molar-refractivity contribution in [3.8, 4) is 0 Å². The molecule has 0 aromatic carbocycles. The summed E-state index contributed by atoms with van der Waals surface area (Å²) in [5, 5.41) is 13.7. The molecular formula is C35H57N3O2. The van der Waals surface area contributed by atoms with Gasteiger partial charge in [-0.25, -0.2) is 0 Å². The summed E-state index contributed by atoms with van der Waals surface area (Å²) in [6.07, 6.45) is 11.5. The standard InChI is InChI=1S/C35H57N3O2/c1-23(2)24-11-16-35(30(39)38-21-19-37(8)20-22-38)18-17-33(6)25(29(24)35)9-10-27-32(5)14-13-28(36-40)31(3,4)26(32)12-15-34(27,33)7/h24-27,29,40H,1,9-22H2,2-8H3/b36-28-/t24-,25+,26-,27+,29+,32-,33+,34+,35-/m0/s1. The average Bonchev–Trinajstić information content (AvgIpc) is 3.30. The molecule has 1 heterocycles. The molecule has 1 saturated heterocycles. The Morgan fingerprint density at radius 2 is 1.57 bits per heavy atom. The Balaban J connectivity index is 1.37. The van der Waals surface area contributed by atoms with Gasteiger partial charge >= 0.3 is 0 Å². The Hall–Kier alpha value is -1.36. The molecule has 9 atom stereocenters. The zero-order valence-electron chi connectivity index (χ0n) is 26.7. The van der Waals surface area contributed by atoms with Crippen molar-refractivity contribution in [1.29, 1.82) is 0 Å². The quantitative estimate of drug-likeness (QED) is 0.223. The zero-order valence-corrected chi connectivity index (χ0v) is 26.7. The number of carbonyl (C=O) groups excluding carboxylic acids is 1. The largest absolute Gasteiger partial charge is 0.411 e. The van der Waals surface area contributed by atoms with Gasteiger partial charge in [-0.2, -0.15) is 0 Å². The van der Waals surface area contributed by atoms with Gasteiger partial charge in [0.05, 0.1) is 11.1 Å². The van der Waals surface area contributed by atoms with E-state index in [9.17, 15) is 10.0 Å². The van der Waals surface area contributed by atoms with E-state index in [2.05, 4.69) is 70.1 Å². The Morgan fingerprint density at radius 1 is 0.875 bits per heavy atom. The second-order valence-electron chi connectivity index (χ2n) is 16.7. The highest BCUT2D eigenvalue weighted by Crippen LogP contribution is 2.77. The summed E-state index contributed by atoms with van der Waals surface area (Å²) in [6, 6.07) is 0. The molecule has 6 fully saturated rings. The molecule has 0 aromatic heterocycles. The first-order chi connectivity index (χ1) is 18.8. The van der Waals surface area contributed by atoms with E-state index < -0.39 is 0 Å². The molecule has 6 rings (SSSR count). The molecule has 5 nitrogen and oxygen atoms in total. The van der Waals surface area contributed by atoms with E-state index in [0.29, 0.717) is 35.5 Å². The lowest BCUT2D eigenvalue weighted by Gasteiger charge is -2.72. The number of rotatable bonds is 2. The number of allylic oxidation sites excluding steroid dienone is 1. The monoisotopic (exact) mass is 551 g/mol. The Bertz CT molecular complexity index is 1090. The van der Waals surface area contributed by atoms with Crippen LogP contribution in [-0.4, -0.2) is 59.9 Å². The van der Waals surface area contributed by atoms with E-state index in [0.717, 1.165) is 64.0 Å². The second kappa shape index (κ2) is 9.32. The first-order valence-electron chi connectivity index (χ1n) is 16.6. The van der Waals surface area contributed by atoms with Crippen LogP contribution in [0.2, 0.25) is 0 Å². The first kappa shape index (κ1) is 28.7. The number of hydrogen-bond acceptors (Lipinski definition) is 4. The number of likely N-dealkylation sites (N-methyl/N-ethyl adjacent to an activating group) is 1. The number of piperazine rings is 1. The number of oxime groups is 1. The third kappa shape index (κ3) is 3.60. The van der Waals surface area contributed by atoms with Crippen LogP contribution < -0.4 is 0 Å². The molecule has 0 radical (unpaired) electrons. The Kier molecular flexibility index (Phi) is 6.70. The minimum absolute atomic E-state index is 0.0476. The summed E-state index contributed by atoms with van der Waals surface area (Å²) in [4.78, 5) is 19.2. The maximum absolute atomic E-state index is 14.6.